The number of para-hydroxylation sites is 1. The van der Waals surface area contributed by atoms with E-state index < -0.39 is 5.97 Å². The van der Waals surface area contributed by atoms with Crippen molar-refractivity contribution in [1.29, 1.82) is 0 Å². The topological polar surface area (TPSA) is 63.6 Å². The fraction of sp³-hybridized carbons (Fsp3) is 0.0769. The summed E-state index contributed by atoms with van der Waals surface area (Å²) in [4.78, 5) is 23.2. The van der Waals surface area contributed by atoms with Crippen molar-refractivity contribution >= 4 is 23.6 Å². The number of rotatable bonds is 4. The molecule has 1 aromatic carbocycles. The Balaban J connectivity index is 2.59. The Morgan fingerprint density at radius 1 is 1.33 bits per heavy atom. The van der Waals surface area contributed by atoms with Gasteiger partial charge < -0.3 is 9.84 Å². The smallest absolute Gasteiger partial charge is 0.339 e. The van der Waals surface area contributed by atoms with Crippen molar-refractivity contribution in [2.24, 2.45) is 0 Å². The fourth-order valence-corrected chi connectivity index (χ4v) is 2.53. The maximum Gasteiger partial charge on any atom is 0.339 e. The van der Waals surface area contributed by atoms with Crippen molar-refractivity contribution in [3.8, 4) is 16.2 Å². The van der Waals surface area contributed by atoms with Crippen LogP contribution >= 0.6 is 11.3 Å². The number of carbonyl (C=O) groups is 2. The molecular weight excluding hydrogens is 252 g/mol. The second-order valence-electron chi connectivity index (χ2n) is 3.51. The van der Waals surface area contributed by atoms with Gasteiger partial charge in [-0.15, -0.1) is 11.3 Å². The molecule has 0 aliphatic heterocycles. The minimum Gasteiger partial charge on any atom is -0.495 e. The summed E-state index contributed by atoms with van der Waals surface area (Å²) in [5.41, 5.74) is 0.784. The van der Waals surface area contributed by atoms with E-state index in [0.717, 1.165) is 11.2 Å². The maximum atomic E-state index is 11.1. The Bertz CT molecular complexity index is 601. The first kappa shape index (κ1) is 12.3. The van der Waals surface area contributed by atoms with E-state index in [2.05, 4.69) is 0 Å². The van der Waals surface area contributed by atoms with Crippen molar-refractivity contribution in [3.05, 3.63) is 40.8 Å². The molecule has 1 heterocycles. The second-order valence-corrected chi connectivity index (χ2v) is 4.63. The Kier molecular flexibility index (Phi) is 3.43. The predicted molar refractivity (Wildman–Crippen MR) is 68.7 cm³/mol. The van der Waals surface area contributed by atoms with Crippen LogP contribution < -0.4 is 4.74 Å². The summed E-state index contributed by atoms with van der Waals surface area (Å²) in [6, 6.07) is 8.38. The normalized spacial score (nSPS) is 10.1. The molecule has 18 heavy (non-hydrogen) atoms. The highest BCUT2D eigenvalue weighted by Gasteiger charge is 2.16. The van der Waals surface area contributed by atoms with Crippen LogP contribution in [0.25, 0.3) is 10.4 Å². The molecule has 0 saturated carbocycles. The molecule has 1 N–H and O–H groups in total. The highest BCUT2D eigenvalue weighted by molar-refractivity contribution is 7.17. The van der Waals surface area contributed by atoms with Gasteiger partial charge >= 0.3 is 5.97 Å². The number of carboxylic acids is 1. The summed E-state index contributed by atoms with van der Waals surface area (Å²) in [7, 11) is 1.43. The number of ether oxygens (including phenoxy) is 1. The van der Waals surface area contributed by atoms with Crippen LogP contribution in [0.15, 0.2) is 30.3 Å². The molecule has 0 saturated heterocycles. The van der Waals surface area contributed by atoms with Gasteiger partial charge in [0, 0.05) is 10.4 Å². The molecule has 0 atom stereocenters. The van der Waals surface area contributed by atoms with Gasteiger partial charge in [0.15, 0.2) is 6.29 Å². The van der Waals surface area contributed by atoms with Crippen LogP contribution in [-0.4, -0.2) is 24.5 Å². The summed E-state index contributed by atoms with van der Waals surface area (Å²) in [5, 5.41) is 9.09. The van der Waals surface area contributed by atoms with Crippen LogP contribution in [0.5, 0.6) is 5.75 Å². The highest BCUT2D eigenvalue weighted by atomic mass is 32.1. The summed E-state index contributed by atoms with van der Waals surface area (Å²) in [5.74, 6) is -0.731. The molecule has 92 valence electrons. The van der Waals surface area contributed by atoms with Crippen molar-refractivity contribution < 1.29 is 19.4 Å². The van der Waals surface area contributed by atoms with Crippen LogP contribution in [0.4, 0.5) is 0 Å². The molecule has 0 aliphatic rings. The van der Waals surface area contributed by atoms with Gasteiger partial charge in [0.25, 0.3) is 0 Å². The van der Waals surface area contributed by atoms with Crippen molar-refractivity contribution in [2.75, 3.05) is 7.11 Å². The molecule has 0 fully saturated rings. The minimum absolute atomic E-state index is 0.107. The minimum atomic E-state index is -1.04. The Hall–Kier alpha value is -2.14. The number of hydrogen-bond acceptors (Lipinski definition) is 4. The van der Waals surface area contributed by atoms with E-state index in [4.69, 9.17) is 9.84 Å². The fourth-order valence-electron chi connectivity index (χ4n) is 1.68. The van der Waals surface area contributed by atoms with Crippen molar-refractivity contribution in [2.45, 2.75) is 0 Å². The van der Waals surface area contributed by atoms with Crippen LogP contribution in [0.1, 0.15) is 20.0 Å². The quantitative estimate of drug-likeness (QED) is 0.860. The summed E-state index contributed by atoms with van der Waals surface area (Å²) in [6.45, 7) is 0. The lowest BCUT2D eigenvalue weighted by molar-refractivity contribution is 0.0693. The van der Waals surface area contributed by atoms with Crippen molar-refractivity contribution in [1.82, 2.24) is 0 Å². The molecule has 0 aliphatic carbocycles. The molecule has 0 amide bonds. The van der Waals surface area contributed by atoms with E-state index in [-0.39, 0.29) is 5.56 Å². The van der Waals surface area contributed by atoms with E-state index in [1.165, 1.54) is 24.5 Å². The summed E-state index contributed by atoms with van der Waals surface area (Å²) >= 11 is 1.29. The lowest BCUT2D eigenvalue weighted by Gasteiger charge is -2.09. The first-order valence-corrected chi connectivity index (χ1v) is 5.94. The third kappa shape index (κ3) is 2.12. The monoisotopic (exact) mass is 262 g/mol. The Morgan fingerprint density at radius 2 is 2.11 bits per heavy atom. The first-order chi connectivity index (χ1) is 8.67. The largest absolute Gasteiger partial charge is 0.495 e. The number of thiophene rings is 1. The standard InChI is InChI=1S/C13H10O4S/c1-17-12-9(3-2-4-10(12)13(15)16)11-6-5-8(7-14)18-11/h2-7H,1H3,(H,15,16). The molecule has 2 aromatic rings. The van der Waals surface area contributed by atoms with Gasteiger partial charge in [0.05, 0.1) is 12.0 Å². The number of carbonyl (C=O) groups excluding carboxylic acids is 1. The lowest BCUT2D eigenvalue weighted by atomic mass is 10.1. The summed E-state index contributed by atoms with van der Waals surface area (Å²) < 4.78 is 5.17. The van der Waals surface area contributed by atoms with Gasteiger partial charge in [-0.2, -0.15) is 0 Å². The predicted octanol–water partition coefficient (Wildman–Crippen LogP) is 2.93. The SMILES string of the molecule is COc1c(C(=O)O)cccc1-c1ccc(C=O)s1. The average molecular weight is 262 g/mol. The zero-order valence-electron chi connectivity index (χ0n) is 9.54. The molecule has 2 rings (SSSR count). The zero-order valence-corrected chi connectivity index (χ0v) is 10.4. The summed E-state index contributed by atoms with van der Waals surface area (Å²) in [6.07, 6.45) is 0.766. The average Bonchev–Trinajstić information content (AvgIpc) is 2.86. The number of benzene rings is 1. The molecular formula is C13H10O4S. The molecule has 0 radical (unpaired) electrons. The van der Waals surface area contributed by atoms with Crippen molar-refractivity contribution in [3.63, 3.8) is 0 Å². The molecule has 0 spiro atoms. The Morgan fingerprint density at radius 3 is 2.67 bits per heavy atom. The van der Waals surface area contributed by atoms with Crippen LogP contribution in [0, 0.1) is 0 Å². The number of hydrogen-bond donors (Lipinski definition) is 1. The van der Waals surface area contributed by atoms with E-state index in [9.17, 15) is 9.59 Å². The number of methoxy groups -OCH3 is 1. The van der Waals surface area contributed by atoms with Gasteiger partial charge in [-0.05, 0) is 24.3 Å². The van der Waals surface area contributed by atoms with Gasteiger partial charge in [0.2, 0.25) is 0 Å². The zero-order chi connectivity index (χ0) is 13.1. The third-order valence-electron chi connectivity index (χ3n) is 2.46. The van der Waals surface area contributed by atoms with E-state index >= 15 is 0 Å². The number of aromatic carboxylic acids is 1. The van der Waals surface area contributed by atoms with E-state index in [1.807, 2.05) is 0 Å². The van der Waals surface area contributed by atoms with Gasteiger partial charge in [-0.1, -0.05) is 6.07 Å². The van der Waals surface area contributed by atoms with Gasteiger partial charge in [0.1, 0.15) is 11.3 Å². The lowest BCUT2D eigenvalue weighted by Crippen LogP contribution is -2.01. The van der Waals surface area contributed by atoms with Gasteiger partial charge in [-0.3, -0.25) is 4.79 Å². The van der Waals surface area contributed by atoms with E-state index in [0.29, 0.717) is 16.2 Å². The molecule has 0 bridgehead atoms. The Labute approximate surface area is 107 Å². The molecule has 1 aromatic heterocycles. The van der Waals surface area contributed by atoms with Crippen LogP contribution in [0.3, 0.4) is 0 Å². The number of aldehydes is 1. The molecule has 5 heteroatoms. The van der Waals surface area contributed by atoms with E-state index in [1.54, 1.807) is 24.3 Å². The molecule has 0 unspecified atom stereocenters. The highest BCUT2D eigenvalue weighted by Crippen LogP contribution is 2.36. The van der Waals surface area contributed by atoms with Crippen LogP contribution in [-0.2, 0) is 0 Å². The third-order valence-corrected chi connectivity index (χ3v) is 3.50. The molecule has 4 nitrogen and oxygen atoms in total. The van der Waals surface area contributed by atoms with Crippen LogP contribution in [0.2, 0.25) is 0 Å². The first-order valence-electron chi connectivity index (χ1n) is 5.13. The van der Waals surface area contributed by atoms with Gasteiger partial charge in [-0.25, -0.2) is 4.79 Å². The maximum absolute atomic E-state index is 11.1. The number of carboxylic acid groups (broad SMARTS) is 1. The second kappa shape index (κ2) is 5.01.